The molecular weight excluding hydrogens is 547 g/mol. The fraction of sp³-hybridized carbons (Fsp3) is 0.269. The van der Waals surface area contributed by atoms with Gasteiger partial charge in [-0.2, -0.15) is 0 Å². The fourth-order valence-corrected chi connectivity index (χ4v) is 6.83. The summed E-state index contributed by atoms with van der Waals surface area (Å²) in [6.45, 7) is 5.34. The lowest BCUT2D eigenvalue weighted by molar-refractivity contribution is 0.102. The van der Waals surface area contributed by atoms with Gasteiger partial charge in [-0.25, -0.2) is 21.6 Å². The van der Waals surface area contributed by atoms with E-state index in [1.807, 2.05) is 6.26 Å². The fourth-order valence-electron chi connectivity index (χ4n) is 3.67. The molecule has 204 valence electrons. The molecule has 0 fully saturated rings. The molecule has 0 aliphatic carbocycles. The first-order chi connectivity index (χ1) is 17.9. The first-order valence-electron chi connectivity index (χ1n) is 11.7. The third-order valence-electron chi connectivity index (χ3n) is 5.47. The van der Waals surface area contributed by atoms with E-state index in [1.54, 1.807) is 57.2 Å². The quantitative estimate of drug-likeness (QED) is 0.320. The number of nitrogens with one attached hydrogen (secondary N) is 2. The van der Waals surface area contributed by atoms with Gasteiger partial charge in [0.15, 0.2) is 0 Å². The summed E-state index contributed by atoms with van der Waals surface area (Å²) in [6, 6.07) is 16.6. The van der Waals surface area contributed by atoms with Crippen molar-refractivity contribution in [2.24, 2.45) is 0 Å². The number of sulfonamides is 2. The Bertz CT molecular complexity index is 1490. The van der Waals surface area contributed by atoms with Gasteiger partial charge >= 0.3 is 0 Å². The van der Waals surface area contributed by atoms with Gasteiger partial charge < -0.3 is 10.1 Å². The van der Waals surface area contributed by atoms with Crippen LogP contribution in [0.15, 0.2) is 81.4 Å². The number of benzene rings is 3. The number of ether oxygens (including phenoxy) is 1. The third-order valence-corrected chi connectivity index (χ3v) is 9.79. The number of hydrogen-bond acceptors (Lipinski definition) is 7. The van der Waals surface area contributed by atoms with E-state index in [2.05, 4.69) is 10.0 Å². The maximum atomic E-state index is 13.2. The van der Waals surface area contributed by atoms with Crippen LogP contribution < -0.4 is 19.1 Å². The first kappa shape index (κ1) is 29.5. The maximum absolute atomic E-state index is 13.2. The molecule has 3 aromatic carbocycles. The van der Waals surface area contributed by atoms with Crippen molar-refractivity contribution < 1.29 is 26.4 Å². The minimum atomic E-state index is -3.80. The molecule has 0 radical (unpaired) electrons. The van der Waals surface area contributed by atoms with Crippen molar-refractivity contribution >= 4 is 49.1 Å². The van der Waals surface area contributed by atoms with E-state index in [1.165, 1.54) is 53.5 Å². The number of hydrogen-bond donors (Lipinski definition) is 2. The Labute approximate surface area is 228 Å². The summed E-state index contributed by atoms with van der Waals surface area (Å²) in [5.74, 6) is -0.228. The van der Waals surface area contributed by atoms with Gasteiger partial charge in [0, 0.05) is 23.0 Å². The summed E-state index contributed by atoms with van der Waals surface area (Å²) < 4.78 is 60.7. The molecule has 0 spiro atoms. The van der Waals surface area contributed by atoms with Gasteiger partial charge in [-0.05, 0) is 93.8 Å². The molecular formula is C26H31N3O6S3. The molecule has 12 heteroatoms. The third kappa shape index (κ3) is 6.68. The number of nitrogens with zero attached hydrogens (tertiary/aromatic N) is 1. The van der Waals surface area contributed by atoms with Gasteiger partial charge in [-0.3, -0.25) is 9.10 Å². The minimum absolute atomic E-state index is 0.0213. The average Bonchev–Trinajstić information content (AvgIpc) is 2.88. The van der Waals surface area contributed by atoms with Crippen molar-refractivity contribution in [3.63, 3.8) is 0 Å². The molecule has 0 unspecified atom stereocenters. The summed E-state index contributed by atoms with van der Waals surface area (Å²) in [7, 11) is -6.18. The predicted molar refractivity (Wildman–Crippen MR) is 151 cm³/mol. The molecule has 1 amide bonds. The van der Waals surface area contributed by atoms with E-state index >= 15 is 0 Å². The predicted octanol–water partition coefficient (Wildman–Crippen LogP) is 4.57. The van der Waals surface area contributed by atoms with E-state index in [4.69, 9.17) is 4.74 Å². The molecule has 2 N–H and O–H groups in total. The Kier molecular flexibility index (Phi) is 9.47. The van der Waals surface area contributed by atoms with Gasteiger partial charge in [0.2, 0.25) is 10.0 Å². The second-order valence-electron chi connectivity index (χ2n) is 8.48. The number of methoxy groups -OCH3 is 1. The lowest BCUT2D eigenvalue weighted by Gasteiger charge is -2.23. The summed E-state index contributed by atoms with van der Waals surface area (Å²) >= 11 is 1.52. The van der Waals surface area contributed by atoms with Gasteiger partial charge in [-0.15, -0.1) is 11.8 Å². The molecule has 0 bridgehead atoms. The Balaban J connectivity index is 1.85. The number of carbonyl (C=O) groups excluding carboxylic acids is 1. The molecule has 0 saturated heterocycles. The van der Waals surface area contributed by atoms with E-state index in [0.717, 1.165) is 4.90 Å². The molecule has 0 aliphatic rings. The summed E-state index contributed by atoms with van der Waals surface area (Å²) in [4.78, 5) is 14.1. The molecule has 0 aliphatic heterocycles. The first-order valence-corrected chi connectivity index (χ1v) is 15.9. The van der Waals surface area contributed by atoms with Crippen LogP contribution in [0, 0.1) is 0 Å². The molecule has 9 nitrogen and oxygen atoms in total. The highest BCUT2D eigenvalue weighted by Crippen LogP contribution is 2.29. The van der Waals surface area contributed by atoms with Gasteiger partial charge in [0.1, 0.15) is 5.75 Å². The van der Waals surface area contributed by atoms with Crippen LogP contribution in [-0.2, 0) is 20.0 Å². The second-order valence-corrected chi connectivity index (χ2v) is 12.9. The summed E-state index contributed by atoms with van der Waals surface area (Å²) in [6.07, 6.45) is 1.92. The Hall–Kier alpha value is -3.06. The van der Waals surface area contributed by atoms with E-state index < -0.39 is 26.0 Å². The molecule has 0 saturated carbocycles. The minimum Gasteiger partial charge on any atom is -0.495 e. The van der Waals surface area contributed by atoms with Gasteiger partial charge in [0.05, 0.1) is 28.3 Å². The van der Waals surface area contributed by atoms with E-state index in [9.17, 15) is 21.6 Å². The normalized spacial score (nSPS) is 11.8. The monoisotopic (exact) mass is 577 g/mol. The highest BCUT2D eigenvalue weighted by Gasteiger charge is 2.24. The van der Waals surface area contributed by atoms with Crippen LogP contribution in [0.3, 0.4) is 0 Å². The van der Waals surface area contributed by atoms with Crippen molar-refractivity contribution in [3.8, 4) is 5.75 Å². The summed E-state index contributed by atoms with van der Waals surface area (Å²) in [5, 5.41) is 2.68. The Morgan fingerprint density at radius 2 is 1.55 bits per heavy atom. The number of amides is 1. The summed E-state index contributed by atoms with van der Waals surface area (Å²) in [5.41, 5.74) is 0.838. The largest absolute Gasteiger partial charge is 0.495 e. The second kappa shape index (κ2) is 12.2. The molecule has 3 aromatic rings. The van der Waals surface area contributed by atoms with Crippen LogP contribution in [0.1, 0.15) is 31.1 Å². The molecule has 0 heterocycles. The van der Waals surface area contributed by atoms with Crippen molar-refractivity contribution in [1.82, 2.24) is 4.72 Å². The highest BCUT2D eigenvalue weighted by molar-refractivity contribution is 7.98. The van der Waals surface area contributed by atoms with Crippen molar-refractivity contribution in [2.45, 2.75) is 41.5 Å². The number of carbonyl (C=O) groups is 1. The highest BCUT2D eigenvalue weighted by atomic mass is 32.2. The number of rotatable bonds is 11. The Morgan fingerprint density at radius 1 is 0.947 bits per heavy atom. The van der Waals surface area contributed by atoms with E-state index in [0.29, 0.717) is 5.69 Å². The number of thioether (sulfide) groups is 1. The topological polar surface area (TPSA) is 122 Å². The Morgan fingerprint density at radius 3 is 2.08 bits per heavy atom. The zero-order valence-corrected chi connectivity index (χ0v) is 24.2. The smallest absolute Gasteiger partial charge is 0.264 e. The van der Waals surface area contributed by atoms with Crippen LogP contribution >= 0.6 is 11.8 Å². The van der Waals surface area contributed by atoms with Crippen LogP contribution in [0.5, 0.6) is 5.75 Å². The molecule has 38 heavy (non-hydrogen) atoms. The lowest BCUT2D eigenvalue weighted by atomic mass is 10.2. The van der Waals surface area contributed by atoms with Crippen LogP contribution in [0.2, 0.25) is 0 Å². The van der Waals surface area contributed by atoms with Gasteiger partial charge in [-0.1, -0.05) is 0 Å². The van der Waals surface area contributed by atoms with Crippen molar-refractivity contribution in [1.29, 1.82) is 0 Å². The zero-order valence-electron chi connectivity index (χ0n) is 21.8. The average molecular weight is 578 g/mol. The molecule has 0 aromatic heterocycles. The van der Waals surface area contributed by atoms with E-state index in [-0.39, 0.29) is 39.4 Å². The van der Waals surface area contributed by atoms with Crippen LogP contribution in [0.4, 0.5) is 11.4 Å². The molecule has 3 rings (SSSR count). The van der Waals surface area contributed by atoms with Gasteiger partial charge in [0.25, 0.3) is 15.9 Å². The van der Waals surface area contributed by atoms with Crippen LogP contribution in [-0.4, -0.2) is 48.7 Å². The SMILES string of the molecule is CCN(c1ccc(C(=O)Nc2cc(S(=O)(=O)NC(C)C)ccc2OC)cc1)S(=O)(=O)c1ccc(SC)cc1. The van der Waals surface area contributed by atoms with Crippen LogP contribution in [0.25, 0.3) is 0 Å². The molecule has 0 atom stereocenters. The van der Waals surface area contributed by atoms with Crippen molar-refractivity contribution in [3.05, 3.63) is 72.3 Å². The maximum Gasteiger partial charge on any atom is 0.264 e. The standard InChI is InChI=1S/C26H31N3O6S3/c1-6-29(38(33,34)22-13-11-21(36-5)12-14-22)20-9-7-19(8-10-20)26(30)27-24-17-23(15-16-25(24)35-4)37(31,32)28-18(2)3/h7-18,28H,6H2,1-5H3,(H,27,30). The van der Waals surface area contributed by atoms with Crippen molar-refractivity contribution in [2.75, 3.05) is 29.5 Å². The zero-order chi connectivity index (χ0) is 28.1. The lowest BCUT2D eigenvalue weighted by Crippen LogP contribution is -2.30. The number of anilines is 2.